The fourth-order valence-corrected chi connectivity index (χ4v) is 3.78. The summed E-state index contributed by atoms with van der Waals surface area (Å²) in [6, 6.07) is 29.4. The summed E-state index contributed by atoms with van der Waals surface area (Å²) >= 11 is 1.64. The van der Waals surface area contributed by atoms with Gasteiger partial charge in [0, 0.05) is 16.0 Å². The average molecular weight is 413 g/mol. The van der Waals surface area contributed by atoms with Crippen LogP contribution in [-0.4, -0.2) is 11.7 Å². The van der Waals surface area contributed by atoms with E-state index < -0.39 is 0 Å². The highest BCUT2D eigenvalue weighted by Crippen LogP contribution is 2.24. The molecule has 0 fully saturated rings. The van der Waals surface area contributed by atoms with Gasteiger partial charge in [-0.2, -0.15) is 0 Å². The van der Waals surface area contributed by atoms with Gasteiger partial charge in [-0.15, -0.1) is 11.8 Å². The lowest BCUT2D eigenvalue weighted by Gasteiger charge is -2.09. The van der Waals surface area contributed by atoms with E-state index in [1.54, 1.807) is 60.3 Å². The maximum atomic E-state index is 12.8. The lowest BCUT2D eigenvalue weighted by Crippen LogP contribution is -2.14. The highest BCUT2D eigenvalue weighted by Gasteiger charge is 2.17. The quantitative estimate of drug-likeness (QED) is 0.296. The molecule has 3 aromatic carbocycles. The maximum Gasteiger partial charge on any atom is 0.291 e. The van der Waals surface area contributed by atoms with Crippen LogP contribution in [0.1, 0.15) is 32.2 Å². The third-order valence-corrected chi connectivity index (χ3v) is 5.50. The summed E-state index contributed by atoms with van der Waals surface area (Å²) in [6.45, 7) is 0. The Labute approximate surface area is 178 Å². The molecular weight excluding hydrogens is 394 g/mol. The first-order valence-electron chi connectivity index (χ1n) is 9.47. The molecule has 0 atom stereocenters. The number of hydrogen-bond donors (Lipinski definition) is 1. The first-order valence-corrected chi connectivity index (χ1v) is 10.5. The summed E-state index contributed by atoms with van der Waals surface area (Å²) in [5, 5.41) is 2.80. The average Bonchev–Trinajstić information content (AvgIpc) is 3.28. The Morgan fingerprint density at radius 2 is 1.43 bits per heavy atom. The number of furan rings is 1. The van der Waals surface area contributed by atoms with E-state index in [0.717, 1.165) is 4.90 Å². The molecule has 5 heteroatoms. The number of carbonyl (C=O) groups excluding carboxylic acids is 2. The molecular formula is C25H19NO3S. The van der Waals surface area contributed by atoms with Crippen molar-refractivity contribution in [2.75, 3.05) is 5.32 Å². The van der Waals surface area contributed by atoms with Crippen molar-refractivity contribution in [3.63, 3.8) is 0 Å². The molecule has 1 amide bonds. The Balaban J connectivity index is 1.46. The fraction of sp³-hybridized carbons (Fsp3) is 0.0400. The Morgan fingerprint density at radius 3 is 2.20 bits per heavy atom. The minimum absolute atomic E-state index is 0.147. The summed E-state index contributed by atoms with van der Waals surface area (Å²) in [6.07, 6.45) is 0. The first-order chi connectivity index (χ1) is 14.7. The molecule has 0 unspecified atom stereocenters. The van der Waals surface area contributed by atoms with E-state index in [1.165, 1.54) is 0 Å². The van der Waals surface area contributed by atoms with Crippen molar-refractivity contribution in [3.8, 4) is 0 Å². The molecule has 0 saturated carbocycles. The predicted octanol–water partition coefficient (Wildman–Crippen LogP) is 6.06. The van der Waals surface area contributed by atoms with Crippen molar-refractivity contribution >= 4 is 29.1 Å². The topological polar surface area (TPSA) is 59.3 Å². The van der Waals surface area contributed by atoms with Crippen LogP contribution in [0.4, 0.5) is 5.69 Å². The third kappa shape index (κ3) is 4.70. The second-order valence-corrected chi connectivity index (χ2v) is 7.61. The number of hydrogen-bond acceptors (Lipinski definition) is 4. The van der Waals surface area contributed by atoms with Gasteiger partial charge >= 0.3 is 0 Å². The van der Waals surface area contributed by atoms with Gasteiger partial charge in [0.15, 0.2) is 11.5 Å². The number of rotatable bonds is 7. The molecule has 148 valence electrons. The molecule has 0 aliphatic heterocycles. The molecule has 0 aliphatic carbocycles. The van der Waals surface area contributed by atoms with Crippen molar-refractivity contribution in [2.24, 2.45) is 0 Å². The lowest BCUT2D eigenvalue weighted by atomic mass is 10.0. The summed E-state index contributed by atoms with van der Waals surface area (Å²) in [4.78, 5) is 26.7. The van der Waals surface area contributed by atoms with Crippen LogP contribution < -0.4 is 5.32 Å². The van der Waals surface area contributed by atoms with Gasteiger partial charge in [-0.25, -0.2) is 0 Å². The molecule has 30 heavy (non-hydrogen) atoms. The van der Waals surface area contributed by atoms with E-state index in [2.05, 4.69) is 5.32 Å². The molecule has 0 spiro atoms. The van der Waals surface area contributed by atoms with Crippen molar-refractivity contribution in [1.29, 1.82) is 0 Å². The number of thioether (sulfide) groups is 1. The number of benzene rings is 3. The van der Waals surface area contributed by atoms with Crippen LogP contribution in [0.25, 0.3) is 0 Å². The minimum Gasteiger partial charge on any atom is -0.455 e. The predicted molar refractivity (Wildman–Crippen MR) is 119 cm³/mol. The van der Waals surface area contributed by atoms with E-state index >= 15 is 0 Å². The Morgan fingerprint density at radius 1 is 0.767 bits per heavy atom. The van der Waals surface area contributed by atoms with Crippen molar-refractivity contribution in [2.45, 2.75) is 10.6 Å². The number of ketones is 1. The van der Waals surface area contributed by atoms with Crippen molar-refractivity contribution in [3.05, 3.63) is 120 Å². The van der Waals surface area contributed by atoms with Gasteiger partial charge in [0.1, 0.15) is 5.76 Å². The van der Waals surface area contributed by atoms with Gasteiger partial charge < -0.3 is 9.73 Å². The molecule has 0 bridgehead atoms. The second kappa shape index (κ2) is 9.29. The number of para-hydroxylation sites is 1. The molecule has 4 aromatic rings. The van der Waals surface area contributed by atoms with E-state index in [4.69, 9.17) is 4.42 Å². The van der Waals surface area contributed by atoms with Crippen molar-refractivity contribution in [1.82, 2.24) is 0 Å². The van der Waals surface area contributed by atoms with Crippen LogP contribution in [0.5, 0.6) is 0 Å². The van der Waals surface area contributed by atoms with Crippen LogP contribution in [0.2, 0.25) is 0 Å². The normalized spacial score (nSPS) is 10.5. The Kier molecular flexibility index (Phi) is 6.11. The summed E-state index contributed by atoms with van der Waals surface area (Å²) in [5.74, 6) is 1.01. The number of carbonyl (C=O) groups is 2. The molecule has 1 heterocycles. The van der Waals surface area contributed by atoms with Gasteiger partial charge in [-0.1, -0.05) is 60.7 Å². The fourth-order valence-electron chi connectivity index (χ4n) is 2.97. The molecule has 4 rings (SSSR count). The SMILES string of the molecule is O=C(Nc1ccccc1C(=O)c1ccccc1)c1ccc(CSc2ccccc2)o1. The van der Waals surface area contributed by atoms with Crippen LogP contribution in [0.15, 0.2) is 106 Å². The largest absolute Gasteiger partial charge is 0.455 e. The first kappa shape index (κ1) is 19.7. The zero-order chi connectivity index (χ0) is 20.8. The van der Waals surface area contributed by atoms with E-state index in [-0.39, 0.29) is 17.5 Å². The van der Waals surface area contributed by atoms with Gasteiger partial charge in [-0.05, 0) is 36.4 Å². The third-order valence-electron chi connectivity index (χ3n) is 4.47. The van der Waals surface area contributed by atoms with Crippen LogP contribution in [0, 0.1) is 0 Å². The standard InChI is InChI=1S/C25H19NO3S/c27-24(18-9-3-1-4-10-18)21-13-7-8-14-22(21)26-25(28)23-16-15-19(29-23)17-30-20-11-5-2-6-12-20/h1-16H,17H2,(H,26,28). The highest BCUT2D eigenvalue weighted by atomic mass is 32.2. The van der Waals surface area contributed by atoms with Gasteiger partial charge in [0.2, 0.25) is 0 Å². The molecule has 0 aliphatic rings. The molecule has 0 saturated heterocycles. The zero-order valence-corrected chi connectivity index (χ0v) is 16.9. The Hall–Kier alpha value is -3.57. The summed E-state index contributed by atoms with van der Waals surface area (Å²) < 4.78 is 5.71. The highest BCUT2D eigenvalue weighted by molar-refractivity contribution is 7.98. The van der Waals surface area contributed by atoms with E-state index in [9.17, 15) is 9.59 Å². The van der Waals surface area contributed by atoms with Gasteiger partial charge in [0.05, 0.1) is 11.4 Å². The van der Waals surface area contributed by atoms with Gasteiger partial charge in [0.25, 0.3) is 5.91 Å². The van der Waals surface area contributed by atoms with Gasteiger partial charge in [-0.3, -0.25) is 9.59 Å². The smallest absolute Gasteiger partial charge is 0.291 e. The lowest BCUT2D eigenvalue weighted by molar-refractivity contribution is 0.0995. The van der Waals surface area contributed by atoms with E-state index in [0.29, 0.717) is 28.3 Å². The molecule has 1 N–H and O–H groups in total. The Bertz CT molecular complexity index is 1150. The number of anilines is 1. The van der Waals surface area contributed by atoms with Crippen LogP contribution in [-0.2, 0) is 5.75 Å². The van der Waals surface area contributed by atoms with E-state index in [1.807, 2.05) is 48.5 Å². The summed E-state index contributed by atoms with van der Waals surface area (Å²) in [7, 11) is 0. The van der Waals surface area contributed by atoms with Crippen LogP contribution >= 0.6 is 11.8 Å². The zero-order valence-electron chi connectivity index (χ0n) is 16.1. The number of nitrogens with one attached hydrogen (secondary N) is 1. The molecule has 1 aromatic heterocycles. The molecule has 4 nitrogen and oxygen atoms in total. The maximum absolute atomic E-state index is 12.8. The monoisotopic (exact) mass is 413 g/mol. The van der Waals surface area contributed by atoms with Crippen LogP contribution in [0.3, 0.4) is 0 Å². The van der Waals surface area contributed by atoms with Crippen molar-refractivity contribution < 1.29 is 14.0 Å². The second-order valence-electron chi connectivity index (χ2n) is 6.56. The molecule has 0 radical (unpaired) electrons. The minimum atomic E-state index is -0.390. The number of amides is 1. The summed E-state index contributed by atoms with van der Waals surface area (Å²) in [5.41, 5.74) is 1.45.